The predicted octanol–water partition coefficient (Wildman–Crippen LogP) is 2.71. The van der Waals surface area contributed by atoms with E-state index < -0.39 is 18.1 Å². The standard InChI is InChI=1S/C20H23NO6/c1-24-17-10-9-15(12-18(17)25-2)11-16(19(22)26-3)21-20(23)27-13-14-7-5-4-6-8-14/h4-10,12,16H,11,13H2,1-3H3,(H,21,23)/t16-/m0/s1. The lowest BCUT2D eigenvalue weighted by Crippen LogP contribution is -2.43. The zero-order chi connectivity index (χ0) is 19.6. The van der Waals surface area contributed by atoms with Gasteiger partial charge in [-0.05, 0) is 23.3 Å². The maximum atomic E-state index is 12.1. The number of hydrogen-bond acceptors (Lipinski definition) is 6. The zero-order valence-corrected chi connectivity index (χ0v) is 15.6. The second-order valence-electron chi connectivity index (χ2n) is 5.68. The molecule has 144 valence electrons. The summed E-state index contributed by atoms with van der Waals surface area (Å²) in [5.41, 5.74) is 1.62. The van der Waals surface area contributed by atoms with E-state index in [1.165, 1.54) is 14.2 Å². The monoisotopic (exact) mass is 373 g/mol. The molecule has 2 aromatic carbocycles. The fourth-order valence-corrected chi connectivity index (χ4v) is 2.49. The van der Waals surface area contributed by atoms with E-state index >= 15 is 0 Å². The van der Waals surface area contributed by atoms with Gasteiger partial charge in [-0.25, -0.2) is 9.59 Å². The molecule has 0 radical (unpaired) electrons. The van der Waals surface area contributed by atoms with Crippen LogP contribution in [0.4, 0.5) is 4.79 Å². The summed E-state index contributed by atoms with van der Waals surface area (Å²) in [6, 6.07) is 13.6. The number of carbonyl (C=O) groups is 2. The molecule has 0 spiro atoms. The largest absolute Gasteiger partial charge is 0.493 e. The van der Waals surface area contributed by atoms with Crippen LogP contribution < -0.4 is 14.8 Å². The van der Waals surface area contributed by atoms with Crippen molar-refractivity contribution < 1.29 is 28.5 Å². The number of amides is 1. The highest BCUT2D eigenvalue weighted by Crippen LogP contribution is 2.28. The number of carbonyl (C=O) groups excluding carboxylic acids is 2. The molecule has 27 heavy (non-hydrogen) atoms. The van der Waals surface area contributed by atoms with Crippen LogP contribution in [0.15, 0.2) is 48.5 Å². The van der Waals surface area contributed by atoms with Crippen molar-refractivity contribution in [2.75, 3.05) is 21.3 Å². The van der Waals surface area contributed by atoms with Crippen molar-refractivity contribution in [3.63, 3.8) is 0 Å². The Labute approximate surface area is 158 Å². The van der Waals surface area contributed by atoms with Crippen LogP contribution in [0.25, 0.3) is 0 Å². The average molecular weight is 373 g/mol. The molecular formula is C20H23NO6. The quantitative estimate of drug-likeness (QED) is 0.717. The smallest absolute Gasteiger partial charge is 0.408 e. The van der Waals surface area contributed by atoms with Crippen LogP contribution in [0, 0.1) is 0 Å². The SMILES string of the molecule is COC(=O)[C@H](Cc1ccc(OC)c(OC)c1)NC(=O)OCc1ccccc1. The molecule has 1 N–H and O–H groups in total. The summed E-state index contributed by atoms with van der Waals surface area (Å²) < 4.78 is 20.4. The number of hydrogen-bond donors (Lipinski definition) is 1. The second kappa shape index (κ2) is 10.1. The lowest BCUT2D eigenvalue weighted by Gasteiger charge is -2.17. The van der Waals surface area contributed by atoms with Crippen molar-refractivity contribution in [1.29, 1.82) is 0 Å². The number of esters is 1. The zero-order valence-electron chi connectivity index (χ0n) is 15.6. The highest BCUT2D eigenvalue weighted by atomic mass is 16.6. The first-order valence-electron chi connectivity index (χ1n) is 8.33. The molecular weight excluding hydrogens is 350 g/mol. The molecule has 2 rings (SSSR count). The first-order chi connectivity index (χ1) is 13.1. The molecule has 0 aliphatic rings. The van der Waals surface area contributed by atoms with Gasteiger partial charge < -0.3 is 24.3 Å². The maximum Gasteiger partial charge on any atom is 0.408 e. The van der Waals surface area contributed by atoms with Crippen LogP contribution in [0.3, 0.4) is 0 Å². The Hall–Kier alpha value is -3.22. The number of methoxy groups -OCH3 is 3. The van der Waals surface area contributed by atoms with E-state index in [0.717, 1.165) is 11.1 Å². The van der Waals surface area contributed by atoms with E-state index in [1.54, 1.807) is 25.3 Å². The van der Waals surface area contributed by atoms with Gasteiger partial charge in [-0.1, -0.05) is 36.4 Å². The number of alkyl carbamates (subject to hydrolysis) is 1. The van der Waals surface area contributed by atoms with Gasteiger partial charge in [-0.3, -0.25) is 0 Å². The Bertz CT molecular complexity index is 762. The van der Waals surface area contributed by atoms with Crippen LogP contribution in [0.5, 0.6) is 11.5 Å². The molecule has 7 nitrogen and oxygen atoms in total. The topological polar surface area (TPSA) is 83.1 Å². The summed E-state index contributed by atoms with van der Waals surface area (Å²) in [5, 5.41) is 2.54. The Morgan fingerprint density at radius 3 is 2.26 bits per heavy atom. The van der Waals surface area contributed by atoms with Crippen molar-refractivity contribution >= 4 is 12.1 Å². The van der Waals surface area contributed by atoms with Crippen molar-refractivity contribution in [2.24, 2.45) is 0 Å². The number of benzene rings is 2. The van der Waals surface area contributed by atoms with Crippen molar-refractivity contribution in [1.82, 2.24) is 5.32 Å². The van der Waals surface area contributed by atoms with Crippen LogP contribution >= 0.6 is 0 Å². The lowest BCUT2D eigenvalue weighted by molar-refractivity contribution is -0.143. The third kappa shape index (κ3) is 5.91. The van der Waals surface area contributed by atoms with Gasteiger partial charge in [0.15, 0.2) is 11.5 Å². The Balaban J connectivity index is 2.02. The van der Waals surface area contributed by atoms with Gasteiger partial charge in [0, 0.05) is 6.42 Å². The summed E-state index contributed by atoms with van der Waals surface area (Å²) in [6.07, 6.45) is -0.484. The first kappa shape index (κ1) is 20.1. The van der Waals surface area contributed by atoms with E-state index in [-0.39, 0.29) is 13.0 Å². The minimum atomic E-state index is -0.892. The summed E-state index contributed by atoms with van der Waals surface area (Å²) in [7, 11) is 4.33. The van der Waals surface area contributed by atoms with Gasteiger partial charge in [-0.2, -0.15) is 0 Å². The number of nitrogens with one attached hydrogen (secondary N) is 1. The molecule has 0 fully saturated rings. The van der Waals surface area contributed by atoms with Gasteiger partial charge in [0.25, 0.3) is 0 Å². The van der Waals surface area contributed by atoms with Crippen molar-refractivity contribution in [3.05, 3.63) is 59.7 Å². The highest BCUT2D eigenvalue weighted by molar-refractivity contribution is 5.81. The Morgan fingerprint density at radius 1 is 0.926 bits per heavy atom. The summed E-state index contributed by atoms with van der Waals surface area (Å²) in [5.74, 6) is 0.540. The summed E-state index contributed by atoms with van der Waals surface area (Å²) in [6.45, 7) is 0.108. The molecule has 0 aromatic heterocycles. The normalized spacial score (nSPS) is 11.2. The Kier molecular flexibility index (Phi) is 7.49. The molecule has 0 bridgehead atoms. The van der Waals surface area contributed by atoms with E-state index in [0.29, 0.717) is 11.5 Å². The molecule has 0 unspecified atom stereocenters. The summed E-state index contributed by atoms with van der Waals surface area (Å²) >= 11 is 0. The molecule has 0 saturated heterocycles. The molecule has 2 aromatic rings. The predicted molar refractivity (Wildman–Crippen MR) is 98.8 cm³/mol. The average Bonchev–Trinajstić information content (AvgIpc) is 2.71. The Morgan fingerprint density at radius 2 is 1.63 bits per heavy atom. The van der Waals surface area contributed by atoms with Gasteiger partial charge in [0.1, 0.15) is 12.6 Å². The first-order valence-corrected chi connectivity index (χ1v) is 8.33. The fourth-order valence-electron chi connectivity index (χ4n) is 2.49. The number of rotatable bonds is 8. The molecule has 7 heteroatoms. The van der Waals surface area contributed by atoms with E-state index in [2.05, 4.69) is 5.32 Å². The van der Waals surface area contributed by atoms with Crippen LogP contribution in [0.1, 0.15) is 11.1 Å². The third-order valence-corrected chi connectivity index (χ3v) is 3.88. The van der Waals surface area contributed by atoms with Gasteiger partial charge >= 0.3 is 12.1 Å². The van der Waals surface area contributed by atoms with E-state index in [1.807, 2.05) is 30.3 Å². The van der Waals surface area contributed by atoms with Crippen molar-refractivity contribution in [3.8, 4) is 11.5 Å². The molecule has 0 saturated carbocycles. The number of ether oxygens (including phenoxy) is 4. The second-order valence-corrected chi connectivity index (χ2v) is 5.68. The molecule has 1 amide bonds. The van der Waals surface area contributed by atoms with Gasteiger partial charge in [-0.15, -0.1) is 0 Å². The van der Waals surface area contributed by atoms with Crippen LogP contribution in [0.2, 0.25) is 0 Å². The van der Waals surface area contributed by atoms with E-state index in [4.69, 9.17) is 18.9 Å². The molecule has 1 atom stereocenters. The minimum Gasteiger partial charge on any atom is -0.493 e. The third-order valence-electron chi connectivity index (χ3n) is 3.88. The highest BCUT2D eigenvalue weighted by Gasteiger charge is 2.23. The maximum absolute atomic E-state index is 12.1. The van der Waals surface area contributed by atoms with Crippen molar-refractivity contribution in [2.45, 2.75) is 19.1 Å². The van der Waals surface area contributed by atoms with Crippen LogP contribution in [-0.2, 0) is 27.3 Å². The molecule has 0 aliphatic heterocycles. The summed E-state index contributed by atoms with van der Waals surface area (Å²) in [4.78, 5) is 24.1. The van der Waals surface area contributed by atoms with Gasteiger partial charge in [0.2, 0.25) is 0 Å². The molecule has 0 heterocycles. The molecule has 0 aliphatic carbocycles. The van der Waals surface area contributed by atoms with Gasteiger partial charge in [0.05, 0.1) is 21.3 Å². The fraction of sp³-hybridized carbons (Fsp3) is 0.300. The van der Waals surface area contributed by atoms with E-state index in [9.17, 15) is 9.59 Å². The van der Waals surface area contributed by atoms with Crippen LogP contribution in [-0.4, -0.2) is 39.4 Å². The lowest BCUT2D eigenvalue weighted by atomic mass is 10.1. The minimum absolute atomic E-state index is 0.108.